The van der Waals surface area contributed by atoms with E-state index in [9.17, 15) is 4.79 Å². The third kappa shape index (κ3) is 2.76. The fraction of sp³-hybridized carbons (Fsp3) is 0.923. The number of methoxy groups -OCH3 is 1. The fourth-order valence-electron chi connectivity index (χ4n) is 2.43. The normalized spacial score (nSPS) is 22.6. The van der Waals surface area contributed by atoms with Crippen LogP contribution in [0.2, 0.25) is 0 Å². The number of carbonyl (C=O) groups excluding carboxylic acids is 1. The first-order valence-electron chi connectivity index (χ1n) is 6.47. The maximum absolute atomic E-state index is 11.7. The Kier molecular flexibility index (Phi) is 3.53. The Morgan fingerprint density at radius 1 is 1.19 bits per heavy atom. The van der Waals surface area contributed by atoms with Gasteiger partial charge in [0, 0.05) is 6.04 Å². The molecule has 2 saturated carbocycles. The van der Waals surface area contributed by atoms with E-state index in [1.807, 2.05) is 0 Å². The van der Waals surface area contributed by atoms with E-state index in [2.05, 4.69) is 19.2 Å². The van der Waals surface area contributed by atoms with Gasteiger partial charge in [0.2, 0.25) is 0 Å². The molecule has 0 heterocycles. The smallest absolute Gasteiger partial charge is 0.323 e. The van der Waals surface area contributed by atoms with E-state index in [0.717, 1.165) is 11.8 Å². The molecule has 0 aromatic carbocycles. The van der Waals surface area contributed by atoms with Crippen LogP contribution in [0.1, 0.15) is 39.5 Å². The summed E-state index contributed by atoms with van der Waals surface area (Å²) in [5.41, 5.74) is 0. The van der Waals surface area contributed by atoms with Crippen molar-refractivity contribution in [2.45, 2.75) is 51.6 Å². The van der Waals surface area contributed by atoms with Gasteiger partial charge in [0.1, 0.15) is 6.04 Å². The summed E-state index contributed by atoms with van der Waals surface area (Å²) >= 11 is 0. The number of ether oxygens (including phenoxy) is 1. The fourth-order valence-corrected chi connectivity index (χ4v) is 2.43. The van der Waals surface area contributed by atoms with Crippen molar-refractivity contribution in [3.8, 4) is 0 Å². The van der Waals surface area contributed by atoms with E-state index in [1.165, 1.54) is 32.8 Å². The van der Waals surface area contributed by atoms with E-state index in [1.54, 1.807) is 0 Å². The first kappa shape index (κ1) is 11.9. The second-order valence-corrected chi connectivity index (χ2v) is 5.61. The molecule has 1 N–H and O–H groups in total. The van der Waals surface area contributed by atoms with Crippen LogP contribution >= 0.6 is 0 Å². The number of rotatable bonds is 6. The second kappa shape index (κ2) is 4.74. The van der Waals surface area contributed by atoms with Crippen LogP contribution in [-0.2, 0) is 9.53 Å². The van der Waals surface area contributed by atoms with Crippen LogP contribution in [0.4, 0.5) is 0 Å². The lowest BCUT2D eigenvalue weighted by molar-refractivity contribution is -0.144. The van der Waals surface area contributed by atoms with Gasteiger partial charge in [-0.1, -0.05) is 13.8 Å². The minimum atomic E-state index is -0.129. The molecule has 3 nitrogen and oxygen atoms in total. The molecule has 0 amide bonds. The molecule has 0 aliphatic heterocycles. The number of carbonyl (C=O) groups is 1. The lowest BCUT2D eigenvalue weighted by atomic mass is 10.00. The highest BCUT2D eigenvalue weighted by atomic mass is 16.5. The standard InChI is InChI=1S/C13H23NO2/c1-8(2)11(13(15)16-3)14-12(9-4-5-9)10-6-7-10/h8-12,14H,4-7H2,1-3H3/t11-/m0/s1. The van der Waals surface area contributed by atoms with Crippen molar-refractivity contribution in [3.63, 3.8) is 0 Å². The summed E-state index contributed by atoms with van der Waals surface area (Å²) < 4.78 is 4.87. The van der Waals surface area contributed by atoms with Crippen LogP contribution in [0.5, 0.6) is 0 Å². The second-order valence-electron chi connectivity index (χ2n) is 5.61. The average Bonchev–Trinajstić information content (AvgIpc) is 3.10. The number of nitrogens with one attached hydrogen (secondary N) is 1. The zero-order valence-electron chi connectivity index (χ0n) is 10.5. The first-order chi connectivity index (χ1) is 7.63. The highest BCUT2D eigenvalue weighted by molar-refractivity contribution is 5.76. The molecule has 0 radical (unpaired) electrons. The largest absolute Gasteiger partial charge is 0.468 e. The predicted molar refractivity (Wildman–Crippen MR) is 63.0 cm³/mol. The topological polar surface area (TPSA) is 38.3 Å². The van der Waals surface area contributed by atoms with Crippen molar-refractivity contribution in [1.29, 1.82) is 0 Å². The van der Waals surface area contributed by atoms with E-state index >= 15 is 0 Å². The number of hydrogen-bond acceptors (Lipinski definition) is 3. The summed E-state index contributed by atoms with van der Waals surface area (Å²) in [6.45, 7) is 4.15. The molecule has 2 fully saturated rings. The molecule has 0 unspecified atom stereocenters. The summed E-state index contributed by atoms with van der Waals surface area (Å²) in [6, 6.07) is 0.433. The zero-order chi connectivity index (χ0) is 11.7. The quantitative estimate of drug-likeness (QED) is 0.702. The van der Waals surface area contributed by atoms with Gasteiger partial charge < -0.3 is 10.1 Å². The van der Waals surface area contributed by atoms with E-state index in [4.69, 9.17) is 4.74 Å². The van der Waals surface area contributed by atoms with Gasteiger partial charge in [0.25, 0.3) is 0 Å². The lowest BCUT2D eigenvalue weighted by Crippen LogP contribution is -2.48. The third-order valence-corrected chi connectivity index (χ3v) is 3.75. The molecule has 0 aromatic rings. The molecule has 2 aliphatic rings. The Balaban J connectivity index is 1.94. The first-order valence-corrected chi connectivity index (χ1v) is 6.47. The molecule has 0 bridgehead atoms. The van der Waals surface area contributed by atoms with Gasteiger partial charge in [-0.3, -0.25) is 4.79 Å². The van der Waals surface area contributed by atoms with Gasteiger partial charge in [-0.25, -0.2) is 0 Å². The summed E-state index contributed by atoms with van der Waals surface area (Å²) in [5, 5.41) is 3.55. The Hall–Kier alpha value is -0.570. The Morgan fingerprint density at radius 2 is 1.69 bits per heavy atom. The third-order valence-electron chi connectivity index (χ3n) is 3.75. The maximum Gasteiger partial charge on any atom is 0.323 e. The molecule has 1 atom stereocenters. The van der Waals surface area contributed by atoms with Crippen molar-refractivity contribution in [1.82, 2.24) is 5.32 Å². The molecular weight excluding hydrogens is 202 g/mol. The molecule has 2 aliphatic carbocycles. The molecular formula is C13H23NO2. The zero-order valence-corrected chi connectivity index (χ0v) is 10.5. The highest BCUT2D eigenvalue weighted by Crippen LogP contribution is 2.44. The Labute approximate surface area is 97.9 Å². The molecule has 3 heteroatoms. The van der Waals surface area contributed by atoms with Gasteiger partial charge in [0.15, 0.2) is 0 Å². The van der Waals surface area contributed by atoms with Crippen molar-refractivity contribution in [2.24, 2.45) is 17.8 Å². The van der Waals surface area contributed by atoms with Crippen LogP contribution in [0.15, 0.2) is 0 Å². The van der Waals surface area contributed by atoms with Crippen LogP contribution in [0.3, 0.4) is 0 Å². The molecule has 2 rings (SSSR count). The van der Waals surface area contributed by atoms with E-state index in [-0.39, 0.29) is 12.0 Å². The number of esters is 1. The van der Waals surface area contributed by atoms with Crippen LogP contribution < -0.4 is 5.32 Å². The van der Waals surface area contributed by atoms with E-state index in [0.29, 0.717) is 12.0 Å². The summed E-state index contributed by atoms with van der Waals surface area (Å²) in [5.74, 6) is 1.82. The summed E-state index contributed by atoms with van der Waals surface area (Å²) in [6.07, 6.45) is 5.33. The van der Waals surface area contributed by atoms with Crippen molar-refractivity contribution >= 4 is 5.97 Å². The molecule has 0 spiro atoms. The van der Waals surface area contributed by atoms with Crippen molar-refractivity contribution in [2.75, 3.05) is 7.11 Å². The molecule has 92 valence electrons. The number of hydrogen-bond donors (Lipinski definition) is 1. The minimum absolute atomic E-state index is 0.110. The van der Waals surface area contributed by atoms with Gasteiger partial charge in [-0.05, 0) is 43.4 Å². The van der Waals surface area contributed by atoms with Gasteiger partial charge in [-0.15, -0.1) is 0 Å². The van der Waals surface area contributed by atoms with Crippen molar-refractivity contribution in [3.05, 3.63) is 0 Å². The average molecular weight is 225 g/mol. The maximum atomic E-state index is 11.7. The highest BCUT2D eigenvalue weighted by Gasteiger charge is 2.43. The summed E-state index contributed by atoms with van der Waals surface area (Å²) in [4.78, 5) is 11.7. The Morgan fingerprint density at radius 3 is 2.00 bits per heavy atom. The summed E-state index contributed by atoms with van der Waals surface area (Å²) in [7, 11) is 1.47. The van der Waals surface area contributed by atoms with Gasteiger partial charge in [0.05, 0.1) is 7.11 Å². The van der Waals surface area contributed by atoms with Crippen LogP contribution in [0.25, 0.3) is 0 Å². The van der Waals surface area contributed by atoms with Crippen LogP contribution in [-0.4, -0.2) is 25.2 Å². The monoisotopic (exact) mass is 225 g/mol. The predicted octanol–water partition coefficient (Wildman–Crippen LogP) is 1.96. The molecule has 16 heavy (non-hydrogen) atoms. The van der Waals surface area contributed by atoms with Crippen molar-refractivity contribution < 1.29 is 9.53 Å². The van der Waals surface area contributed by atoms with Crippen LogP contribution in [0, 0.1) is 17.8 Å². The molecule has 0 saturated heterocycles. The SMILES string of the molecule is COC(=O)[C@@H](NC(C1CC1)C1CC1)C(C)C. The minimum Gasteiger partial charge on any atom is -0.468 e. The van der Waals surface area contributed by atoms with E-state index < -0.39 is 0 Å². The van der Waals surface area contributed by atoms with Gasteiger partial charge >= 0.3 is 5.97 Å². The Bertz CT molecular complexity index is 245. The molecule has 0 aromatic heterocycles. The van der Waals surface area contributed by atoms with Gasteiger partial charge in [-0.2, -0.15) is 0 Å². The lowest BCUT2D eigenvalue weighted by Gasteiger charge is -2.26.